The van der Waals surface area contributed by atoms with E-state index in [1.165, 1.54) is 0 Å². The zero-order chi connectivity index (χ0) is 12.2. The average molecular weight is 218 g/mol. The summed E-state index contributed by atoms with van der Waals surface area (Å²) in [5.74, 6) is 0. The third-order valence-corrected chi connectivity index (χ3v) is 2.81. The molecule has 0 aromatic carbocycles. The highest BCUT2D eigenvalue weighted by molar-refractivity contribution is 5.43. The second-order valence-electron chi connectivity index (χ2n) is 4.60. The van der Waals surface area contributed by atoms with E-state index in [-0.39, 0.29) is 5.54 Å². The van der Waals surface area contributed by atoms with Gasteiger partial charge >= 0.3 is 0 Å². The molecule has 0 aliphatic rings. The molecule has 1 N–H and O–H groups in total. The Hall–Kier alpha value is -1.60. The van der Waals surface area contributed by atoms with E-state index in [1.807, 2.05) is 12.1 Å². The Morgan fingerprint density at radius 2 is 2.12 bits per heavy atom. The highest BCUT2D eigenvalue weighted by Crippen LogP contribution is 2.12. The van der Waals surface area contributed by atoms with Gasteiger partial charge in [-0.25, -0.2) is 4.98 Å². The van der Waals surface area contributed by atoms with Gasteiger partial charge in [-0.3, -0.25) is 0 Å². The van der Waals surface area contributed by atoms with Gasteiger partial charge in [-0.15, -0.1) is 0 Å². The van der Waals surface area contributed by atoms with Gasteiger partial charge in [0.05, 0.1) is 11.9 Å². The largest absolute Gasteiger partial charge is 0.382 e. The van der Waals surface area contributed by atoms with Crippen molar-refractivity contribution in [2.45, 2.75) is 19.4 Å². The summed E-state index contributed by atoms with van der Waals surface area (Å²) in [7, 11) is 4.11. The van der Waals surface area contributed by atoms with Crippen molar-refractivity contribution in [2.75, 3.05) is 26.0 Å². The monoisotopic (exact) mass is 218 g/mol. The maximum absolute atomic E-state index is 8.62. The molecule has 1 rings (SSSR count). The van der Waals surface area contributed by atoms with Crippen LogP contribution in [0, 0.1) is 11.3 Å². The van der Waals surface area contributed by atoms with E-state index in [1.54, 1.807) is 12.3 Å². The maximum atomic E-state index is 8.62. The van der Waals surface area contributed by atoms with Crippen LogP contribution in [0.15, 0.2) is 18.3 Å². The molecule has 86 valence electrons. The van der Waals surface area contributed by atoms with Gasteiger partial charge in [0, 0.05) is 12.1 Å². The number of nitrogens with one attached hydrogen (secondary N) is 1. The molecule has 1 heterocycles. The Balaban J connectivity index is 2.59. The van der Waals surface area contributed by atoms with Gasteiger partial charge in [-0.2, -0.15) is 5.26 Å². The van der Waals surface area contributed by atoms with Crippen molar-refractivity contribution in [2.24, 2.45) is 0 Å². The van der Waals surface area contributed by atoms with E-state index in [4.69, 9.17) is 5.26 Å². The van der Waals surface area contributed by atoms with Crippen molar-refractivity contribution in [3.63, 3.8) is 0 Å². The normalized spacial score (nSPS) is 11.2. The standard InChI is InChI=1S/C12H18N4/c1-12(2,16(3)4)9-15-11-6-5-10(7-13)14-8-11/h5-6,8,15H,9H2,1-4H3. The van der Waals surface area contributed by atoms with Gasteiger partial charge in [-0.05, 0) is 40.1 Å². The molecule has 0 saturated heterocycles. The van der Waals surface area contributed by atoms with Crippen LogP contribution in [0.4, 0.5) is 5.69 Å². The zero-order valence-electron chi connectivity index (χ0n) is 10.3. The van der Waals surface area contributed by atoms with E-state index in [2.05, 4.69) is 43.1 Å². The number of pyridine rings is 1. The van der Waals surface area contributed by atoms with Crippen LogP contribution in [0.5, 0.6) is 0 Å². The lowest BCUT2D eigenvalue weighted by atomic mass is 10.0. The van der Waals surface area contributed by atoms with E-state index in [9.17, 15) is 0 Å². The lowest BCUT2D eigenvalue weighted by Crippen LogP contribution is -2.44. The molecule has 4 nitrogen and oxygen atoms in total. The van der Waals surface area contributed by atoms with Crippen LogP contribution in [0.25, 0.3) is 0 Å². The molecule has 0 aliphatic heterocycles. The molecule has 0 spiro atoms. The highest BCUT2D eigenvalue weighted by atomic mass is 15.2. The molecule has 1 aromatic rings. The molecule has 0 atom stereocenters. The predicted molar refractivity (Wildman–Crippen MR) is 65.2 cm³/mol. The lowest BCUT2D eigenvalue weighted by Gasteiger charge is -2.32. The van der Waals surface area contributed by atoms with Crippen LogP contribution < -0.4 is 5.32 Å². The fourth-order valence-corrected chi connectivity index (χ4v) is 1.04. The first kappa shape index (κ1) is 12.5. The van der Waals surface area contributed by atoms with Gasteiger partial charge in [-0.1, -0.05) is 0 Å². The van der Waals surface area contributed by atoms with Gasteiger partial charge in [0.25, 0.3) is 0 Å². The molecule has 0 radical (unpaired) electrons. The third kappa shape index (κ3) is 3.21. The molecule has 4 heteroatoms. The number of anilines is 1. The summed E-state index contributed by atoms with van der Waals surface area (Å²) in [5, 5.41) is 11.9. The van der Waals surface area contributed by atoms with Crippen molar-refractivity contribution < 1.29 is 0 Å². The number of rotatable bonds is 4. The molecular formula is C12H18N4. The average Bonchev–Trinajstić information content (AvgIpc) is 2.27. The molecule has 0 fully saturated rings. The predicted octanol–water partition coefficient (Wildman–Crippen LogP) is 1.71. The van der Waals surface area contributed by atoms with Gasteiger partial charge < -0.3 is 10.2 Å². The zero-order valence-corrected chi connectivity index (χ0v) is 10.3. The summed E-state index contributed by atoms with van der Waals surface area (Å²) in [5.41, 5.74) is 1.46. The second-order valence-corrected chi connectivity index (χ2v) is 4.60. The summed E-state index contributed by atoms with van der Waals surface area (Å²) in [4.78, 5) is 6.17. The van der Waals surface area contributed by atoms with Crippen molar-refractivity contribution in [1.82, 2.24) is 9.88 Å². The molecule has 0 aliphatic carbocycles. The summed E-state index contributed by atoms with van der Waals surface area (Å²) >= 11 is 0. The van der Waals surface area contributed by atoms with Crippen LogP contribution >= 0.6 is 0 Å². The minimum atomic E-state index is 0.0773. The number of likely N-dealkylation sites (N-methyl/N-ethyl adjacent to an activating group) is 1. The summed E-state index contributed by atoms with van der Waals surface area (Å²) in [6.45, 7) is 5.15. The number of hydrogen-bond donors (Lipinski definition) is 1. The molecule has 0 amide bonds. The van der Waals surface area contributed by atoms with Crippen molar-refractivity contribution in [3.8, 4) is 6.07 Å². The smallest absolute Gasteiger partial charge is 0.140 e. The number of nitriles is 1. The first-order chi connectivity index (χ1) is 7.45. The molecular weight excluding hydrogens is 200 g/mol. The molecule has 0 unspecified atom stereocenters. The summed E-state index contributed by atoms with van der Waals surface area (Å²) < 4.78 is 0. The Morgan fingerprint density at radius 1 is 1.44 bits per heavy atom. The molecule has 1 aromatic heterocycles. The van der Waals surface area contributed by atoms with Gasteiger partial charge in [0.1, 0.15) is 11.8 Å². The Bertz CT molecular complexity index is 373. The minimum absolute atomic E-state index is 0.0773. The fraction of sp³-hybridized carbons (Fsp3) is 0.500. The Labute approximate surface area is 96.9 Å². The van der Waals surface area contributed by atoms with Crippen LogP contribution in [0.1, 0.15) is 19.5 Å². The first-order valence-electron chi connectivity index (χ1n) is 5.23. The van der Waals surface area contributed by atoms with Crippen LogP contribution in [-0.4, -0.2) is 36.1 Å². The number of nitrogens with zero attached hydrogens (tertiary/aromatic N) is 3. The van der Waals surface area contributed by atoms with Crippen LogP contribution in [-0.2, 0) is 0 Å². The van der Waals surface area contributed by atoms with Gasteiger partial charge in [0.2, 0.25) is 0 Å². The minimum Gasteiger partial charge on any atom is -0.382 e. The van der Waals surface area contributed by atoms with Crippen molar-refractivity contribution in [1.29, 1.82) is 5.26 Å². The van der Waals surface area contributed by atoms with Crippen molar-refractivity contribution >= 4 is 5.69 Å². The molecule has 0 saturated carbocycles. The summed E-state index contributed by atoms with van der Waals surface area (Å²) in [6.07, 6.45) is 1.68. The summed E-state index contributed by atoms with van der Waals surface area (Å²) in [6, 6.07) is 5.58. The van der Waals surface area contributed by atoms with E-state index in [0.29, 0.717) is 5.69 Å². The fourth-order valence-electron chi connectivity index (χ4n) is 1.04. The molecule has 16 heavy (non-hydrogen) atoms. The lowest BCUT2D eigenvalue weighted by molar-refractivity contribution is 0.210. The van der Waals surface area contributed by atoms with Crippen molar-refractivity contribution in [3.05, 3.63) is 24.0 Å². The van der Waals surface area contributed by atoms with E-state index < -0.39 is 0 Å². The second kappa shape index (κ2) is 4.95. The Kier molecular flexibility index (Phi) is 3.86. The first-order valence-corrected chi connectivity index (χ1v) is 5.23. The van der Waals surface area contributed by atoms with E-state index in [0.717, 1.165) is 12.2 Å². The van der Waals surface area contributed by atoms with Crippen LogP contribution in [0.2, 0.25) is 0 Å². The quantitative estimate of drug-likeness (QED) is 0.835. The number of hydrogen-bond acceptors (Lipinski definition) is 4. The Morgan fingerprint density at radius 3 is 2.56 bits per heavy atom. The third-order valence-electron chi connectivity index (χ3n) is 2.81. The van der Waals surface area contributed by atoms with E-state index >= 15 is 0 Å². The SMILES string of the molecule is CN(C)C(C)(C)CNc1ccc(C#N)nc1. The highest BCUT2D eigenvalue weighted by Gasteiger charge is 2.19. The maximum Gasteiger partial charge on any atom is 0.140 e. The number of aromatic nitrogens is 1. The van der Waals surface area contributed by atoms with Gasteiger partial charge in [0.15, 0.2) is 0 Å². The molecule has 0 bridgehead atoms. The van der Waals surface area contributed by atoms with Crippen LogP contribution in [0.3, 0.4) is 0 Å². The topological polar surface area (TPSA) is 52.0 Å².